The van der Waals surface area contributed by atoms with Gasteiger partial charge in [-0.2, -0.15) is 4.68 Å². The van der Waals surface area contributed by atoms with Crippen molar-refractivity contribution in [2.45, 2.75) is 45.0 Å². The Kier molecular flexibility index (Phi) is 4.80. The van der Waals surface area contributed by atoms with Crippen molar-refractivity contribution < 1.29 is 0 Å². The van der Waals surface area contributed by atoms with E-state index in [1.54, 1.807) is 16.0 Å². The molecule has 0 saturated carbocycles. The summed E-state index contributed by atoms with van der Waals surface area (Å²) in [6, 6.07) is 6.09. The van der Waals surface area contributed by atoms with E-state index in [2.05, 4.69) is 20.5 Å². The molecule has 144 valence electrons. The average Bonchev–Trinajstić information content (AvgIpc) is 3.19. The Morgan fingerprint density at radius 2 is 1.89 bits per heavy atom. The van der Waals surface area contributed by atoms with E-state index < -0.39 is 0 Å². The fourth-order valence-corrected chi connectivity index (χ4v) is 5.10. The molecule has 1 unspecified atom stereocenters. The van der Waals surface area contributed by atoms with Gasteiger partial charge in [0.25, 0.3) is 5.56 Å². The predicted octanol–water partition coefficient (Wildman–Crippen LogP) is 4.05. The average molecular weight is 413 g/mol. The number of thioether (sulfide) groups is 1. The highest BCUT2D eigenvalue weighted by molar-refractivity contribution is 7.99. The molecule has 28 heavy (non-hydrogen) atoms. The third-order valence-electron chi connectivity index (χ3n) is 4.82. The number of thiophene rings is 1. The predicted molar refractivity (Wildman–Crippen MR) is 113 cm³/mol. The van der Waals surface area contributed by atoms with Crippen molar-refractivity contribution in [3.63, 3.8) is 0 Å². The van der Waals surface area contributed by atoms with Gasteiger partial charge >= 0.3 is 0 Å². The number of aromatic nitrogens is 6. The highest BCUT2D eigenvalue weighted by Gasteiger charge is 2.20. The molecule has 4 rings (SSSR count). The molecule has 1 aromatic carbocycles. The van der Waals surface area contributed by atoms with Crippen molar-refractivity contribution in [3.8, 4) is 5.69 Å². The molecule has 4 aromatic rings. The minimum Gasteiger partial charge on any atom is -0.309 e. The standard InChI is InChI=1S/C19H20N6OS2/c1-9-7-6-8-10(2)15(9)25-19(22-23-24-25)28-13(5)16-20-17(26)14-11(3)12(4)27-18(14)21-16/h6-8,13H,1-5H3,(H,20,21,26). The molecule has 9 heteroatoms. The van der Waals surface area contributed by atoms with Crippen molar-refractivity contribution in [1.29, 1.82) is 0 Å². The summed E-state index contributed by atoms with van der Waals surface area (Å²) in [5, 5.41) is 13.5. The van der Waals surface area contributed by atoms with Gasteiger partial charge in [-0.3, -0.25) is 4.79 Å². The van der Waals surface area contributed by atoms with E-state index in [0.717, 1.165) is 32.1 Å². The summed E-state index contributed by atoms with van der Waals surface area (Å²) in [5.41, 5.74) is 4.07. The van der Waals surface area contributed by atoms with E-state index in [-0.39, 0.29) is 10.8 Å². The van der Waals surface area contributed by atoms with Gasteiger partial charge in [0.2, 0.25) is 5.16 Å². The third-order valence-corrected chi connectivity index (χ3v) is 6.96. The first kappa shape index (κ1) is 18.8. The van der Waals surface area contributed by atoms with Crippen molar-refractivity contribution >= 4 is 33.3 Å². The lowest BCUT2D eigenvalue weighted by Crippen LogP contribution is -2.13. The second-order valence-corrected chi connectivity index (χ2v) is 9.30. The molecular formula is C19H20N6OS2. The van der Waals surface area contributed by atoms with Crippen molar-refractivity contribution in [3.05, 3.63) is 55.9 Å². The maximum Gasteiger partial charge on any atom is 0.259 e. The summed E-state index contributed by atoms with van der Waals surface area (Å²) in [7, 11) is 0. The second kappa shape index (κ2) is 7.14. The summed E-state index contributed by atoms with van der Waals surface area (Å²) in [5.74, 6) is 0.625. The number of benzene rings is 1. The van der Waals surface area contributed by atoms with E-state index in [0.29, 0.717) is 16.4 Å². The number of nitrogens with zero attached hydrogens (tertiary/aromatic N) is 5. The van der Waals surface area contributed by atoms with Gasteiger partial charge in [-0.1, -0.05) is 30.0 Å². The van der Waals surface area contributed by atoms with Crippen molar-refractivity contribution in [2.24, 2.45) is 0 Å². The lowest BCUT2D eigenvalue weighted by molar-refractivity contribution is 0.745. The van der Waals surface area contributed by atoms with Gasteiger partial charge in [0.05, 0.1) is 16.3 Å². The van der Waals surface area contributed by atoms with Gasteiger partial charge in [0, 0.05) is 4.88 Å². The topological polar surface area (TPSA) is 89.3 Å². The highest BCUT2D eigenvalue weighted by Crippen LogP contribution is 2.34. The molecular weight excluding hydrogens is 392 g/mol. The zero-order valence-electron chi connectivity index (χ0n) is 16.3. The van der Waals surface area contributed by atoms with Crippen LogP contribution < -0.4 is 5.56 Å². The zero-order valence-corrected chi connectivity index (χ0v) is 17.9. The maximum atomic E-state index is 12.6. The Bertz CT molecular complexity index is 1220. The van der Waals surface area contributed by atoms with E-state index in [1.165, 1.54) is 11.8 Å². The summed E-state index contributed by atoms with van der Waals surface area (Å²) < 4.78 is 1.75. The number of hydrogen-bond acceptors (Lipinski definition) is 7. The highest BCUT2D eigenvalue weighted by atomic mass is 32.2. The smallest absolute Gasteiger partial charge is 0.259 e. The fraction of sp³-hybridized carbons (Fsp3) is 0.316. The number of rotatable bonds is 4. The molecule has 0 aliphatic carbocycles. The van der Waals surface area contributed by atoms with Crippen LogP contribution in [0, 0.1) is 27.7 Å². The van der Waals surface area contributed by atoms with Gasteiger partial charge in [-0.25, -0.2) is 4.98 Å². The Balaban J connectivity index is 1.71. The quantitative estimate of drug-likeness (QED) is 0.509. The van der Waals surface area contributed by atoms with Crippen LogP contribution in [0.3, 0.4) is 0 Å². The first-order chi connectivity index (χ1) is 13.4. The Morgan fingerprint density at radius 1 is 1.18 bits per heavy atom. The minimum atomic E-state index is -0.117. The first-order valence-corrected chi connectivity index (χ1v) is 10.6. The number of hydrogen-bond donors (Lipinski definition) is 1. The monoisotopic (exact) mass is 412 g/mol. The minimum absolute atomic E-state index is 0.0939. The normalized spacial score (nSPS) is 12.6. The molecule has 0 saturated heterocycles. The molecule has 1 N–H and O–H groups in total. The van der Waals surface area contributed by atoms with Crippen LogP contribution >= 0.6 is 23.1 Å². The first-order valence-electron chi connectivity index (χ1n) is 8.88. The van der Waals surface area contributed by atoms with Gasteiger partial charge in [-0.15, -0.1) is 16.4 Å². The molecule has 0 aliphatic heterocycles. The molecule has 0 spiro atoms. The molecule has 3 heterocycles. The van der Waals surface area contributed by atoms with E-state index in [1.807, 2.05) is 52.8 Å². The maximum absolute atomic E-state index is 12.6. The molecule has 3 aromatic heterocycles. The van der Waals surface area contributed by atoms with Gasteiger partial charge in [0.1, 0.15) is 10.7 Å². The Labute approximate surface area is 170 Å². The van der Waals surface area contributed by atoms with Crippen LogP contribution in [0.5, 0.6) is 0 Å². The van der Waals surface area contributed by atoms with Crippen LogP contribution in [-0.2, 0) is 0 Å². The van der Waals surface area contributed by atoms with Crippen LogP contribution in [0.15, 0.2) is 28.2 Å². The fourth-order valence-electron chi connectivity index (χ4n) is 3.21. The molecule has 0 radical (unpaired) electrons. The lowest BCUT2D eigenvalue weighted by atomic mass is 10.1. The third kappa shape index (κ3) is 3.14. The van der Waals surface area contributed by atoms with E-state index >= 15 is 0 Å². The van der Waals surface area contributed by atoms with Gasteiger partial charge in [-0.05, 0) is 61.7 Å². The molecule has 0 aliphatic rings. The van der Waals surface area contributed by atoms with Crippen molar-refractivity contribution in [2.75, 3.05) is 0 Å². The molecule has 1 atom stereocenters. The van der Waals surface area contributed by atoms with E-state index in [9.17, 15) is 4.79 Å². The summed E-state index contributed by atoms with van der Waals surface area (Å²) in [6.07, 6.45) is 0. The summed E-state index contributed by atoms with van der Waals surface area (Å²) in [6.45, 7) is 10.0. The number of tetrazole rings is 1. The Morgan fingerprint density at radius 3 is 2.61 bits per heavy atom. The van der Waals surface area contributed by atoms with Crippen LogP contribution in [-0.4, -0.2) is 30.2 Å². The number of H-pyrrole nitrogens is 1. The molecule has 0 fully saturated rings. The Hall–Kier alpha value is -2.52. The van der Waals surface area contributed by atoms with Crippen LogP contribution in [0.1, 0.15) is 39.6 Å². The molecule has 0 bridgehead atoms. The SMILES string of the molecule is Cc1cccc(C)c1-n1nnnc1SC(C)c1nc2sc(C)c(C)c2c(=O)[nH]1. The number of fused-ring (bicyclic) bond motifs is 1. The van der Waals surface area contributed by atoms with Crippen LogP contribution in [0.2, 0.25) is 0 Å². The lowest BCUT2D eigenvalue weighted by Gasteiger charge is -2.13. The van der Waals surface area contributed by atoms with Crippen LogP contribution in [0.4, 0.5) is 0 Å². The number of para-hydroxylation sites is 1. The van der Waals surface area contributed by atoms with Gasteiger partial charge in [0.15, 0.2) is 0 Å². The summed E-state index contributed by atoms with van der Waals surface area (Å²) in [4.78, 5) is 22.1. The number of aromatic amines is 1. The number of aryl methyl sites for hydroxylation is 4. The van der Waals surface area contributed by atoms with Gasteiger partial charge < -0.3 is 4.98 Å². The summed E-state index contributed by atoms with van der Waals surface area (Å²) >= 11 is 3.02. The largest absolute Gasteiger partial charge is 0.309 e. The van der Waals surface area contributed by atoms with E-state index in [4.69, 9.17) is 4.98 Å². The number of nitrogens with one attached hydrogen (secondary N) is 1. The molecule has 7 nitrogen and oxygen atoms in total. The zero-order chi connectivity index (χ0) is 20.0. The van der Waals surface area contributed by atoms with Crippen LogP contribution in [0.25, 0.3) is 15.9 Å². The second-order valence-electron chi connectivity index (χ2n) is 6.79. The molecule has 0 amide bonds. The van der Waals surface area contributed by atoms with Crippen molar-refractivity contribution in [1.82, 2.24) is 30.2 Å².